The predicted octanol–water partition coefficient (Wildman–Crippen LogP) is 9.25. The fraction of sp³-hybridized carbons (Fsp3) is 0.467. The van der Waals surface area contributed by atoms with E-state index in [1.807, 2.05) is 4.68 Å². The Bertz CT molecular complexity index is 2510. The summed E-state index contributed by atoms with van der Waals surface area (Å²) in [6, 6.07) is 15.7. The Morgan fingerprint density at radius 2 is 1.65 bits per heavy atom. The van der Waals surface area contributed by atoms with Crippen molar-refractivity contribution < 1.29 is 42.8 Å². The molecule has 2 aromatic carbocycles. The molecule has 0 aliphatic carbocycles. The highest BCUT2D eigenvalue weighted by atomic mass is 16.7. The fourth-order valence-corrected chi connectivity index (χ4v) is 6.84. The average Bonchev–Trinajstić information content (AvgIpc) is 3.81. The number of pyridine rings is 1. The molecule has 328 valence electrons. The molecule has 17 nitrogen and oxygen atoms in total. The lowest BCUT2D eigenvalue weighted by molar-refractivity contribution is -0.165. The average molecular weight is 851 g/mol. The highest BCUT2D eigenvalue weighted by molar-refractivity contribution is 6.04. The zero-order valence-electron chi connectivity index (χ0n) is 36.9. The molecule has 1 aliphatic heterocycles. The van der Waals surface area contributed by atoms with Gasteiger partial charge in [0.1, 0.15) is 45.0 Å². The van der Waals surface area contributed by atoms with Gasteiger partial charge in [0.25, 0.3) is 0 Å². The molecule has 3 aromatic heterocycles. The van der Waals surface area contributed by atoms with Crippen LogP contribution in [0.1, 0.15) is 104 Å². The number of benzene rings is 2. The maximum Gasteiger partial charge on any atom is 0.420 e. The topological polar surface area (TPSA) is 194 Å². The van der Waals surface area contributed by atoms with Crippen molar-refractivity contribution in [2.75, 3.05) is 32.0 Å². The van der Waals surface area contributed by atoms with E-state index in [4.69, 9.17) is 33.4 Å². The molecule has 4 heterocycles. The summed E-state index contributed by atoms with van der Waals surface area (Å²) in [4.78, 5) is 49.9. The molecule has 1 saturated heterocycles. The van der Waals surface area contributed by atoms with E-state index in [1.165, 1.54) is 17.7 Å². The largest absolute Gasteiger partial charge is 0.474 e. The third kappa shape index (κ3) is 10.5. The Morgan fingerprint density at radius 3 is 2.32 bits per heavy atom. The van der Waals surface area contributed by atoms with Crippen LogP contribution in [-0.2, 0) is 23.7 Å². The Balaban J connectivity index is 1.26. The van der Waals surface area contributed by atoms with Crippen molar-refractivity contribution >= 4 is 51.5 Å². The van der Waals surface area contributed by atoms with Crippen LogP contribution in [0.3, 0.4) is 0 Å². The van der Waals surface area contributed by atoms with Crippen LogP contribution in [0.15, 0.2) is 71.2 Å². The van der Waals surface area contributed by atoms with Gasteiger partial charge in [-0.15, -0.1) is 5.11 Å². The Labute approximate surface area is 360 Å². The normalized spacial score (nSPS) is 14.5. The third-order valence-electron chi connectivity index (χ3n) is 9.73. The number of nitriles is 1. The number of carbonyl (C=O) groups is 3. The molecule has 6 rings (SSSR count). The summed E-state index contributed by atoms with van der Waals surface area (Å²) in [7, 11) is 1.48. The summed E-state index contributed by atoms with van der Waals surface area (Å²) < 4.78 is 37.6. The van der Waals surface area contributed by atoms with Crippen LogP contribution in [0.4, 0.5) is 16.2 Å². The summed E-state index contributed by atoms with van der Waals surface area (Å²) >= 11 is 0. The fourth-order valence-electron chi connectivity index (χ4n) is 6.84. The van der Waals surface area contributed by atoms with Crippen molar-refractivity contribution in [3.8, 4) is 17.6 Å². The molecule has 1 aliphatic rings. The van der Waals surface area contributed by atoms with Gasteiger partial charge in [-0.3, -0.25) is 0 Å². The van der Waals surface area contributed by atoms with E-state index >= 15 is 0 Å². The first-order valence-corrected chi connectivity index (χ1v) is 20.4. The van der Waals surface area contributed by atoms with Gasteiger partial charge in [0.2, 0.25) is 0 Å². The van der Waals surface area contributed by atoms with Gasteiger partial charge in [-0.05, 0) is 117 Å². The number of ether oxygens (including phenoxy) is 6. The van der Waals surface area contributed by atoms with Crippen molar-refractivity contribution in [3.63, 3.8) is 0 Å². The SMILES string of the molecule is COCOc1ccc(/N=N/c2ccccc2OC(C)(C)C(=O)O[C@H](C)c2nc3cnc4c(ccn4C(=O)OC(C)(C)C)c3n2N2CCC(CC#N)CC2)cc1C(=O)OC(C)(C)C. The summed E-state index contributed by atoms with van der Waals surface area (Å²) in [6.07, 6.45) is 3.82. The van der Waals surface area contributed by atoms with E-state index in [0.29, 0.717) is 58.8 Å². The number of rotatable bonds is 13. The maximum atomic E-state index is 14.1. The van der Waals surface area contributed by atoms with Gasteiger partial charge in [-0.1, -0.05) is 12.1 Å². The molecule has 0 bridgehead atoms. The standard InChI is InChI=1S/C45H54N8O9/c1-28(38-48-34-26-47-39-31(20-24-52(39)42(56)62-44(5,6)7)37(34)53(38)51-22-18-29(17-21-46)19-23-51)59-41(55)45(8,9)60-36-14-12-11-13-33(36)50-49-30-15-16-35(58-27-57-10)32(25-30)40(54)61-43(2,3)4/h11-16,20,24-26,28-29H,17-19,22-23,27H2,1-10H3/b50-49+/t28-/m1/s1. The quantitative estimate of drug-likeness (QED) is 0.0471. The van der Waals surface area contributed by atoms with E-state index < -0.39 is 40.9 Å². The number of azo groups is 1. The van der Waals surface area contributed by atoms with Crippen molar-refractivity contribution in [1.29, 1.82) is 5.26 Å². The highest BCUT2D eigenvalue weighted by Crippen LogP contribution is 2.36. The first-order valence-electron chi connectivity index (χ1n) is 20.4. The third-order valence-corrected chi connectivity index (χ3v) is 9.73. The van der Waals surface area contributed by atoms with Crippen LogP contribution in [0.25, 0.3) is 22.1 Å². The number of esters is 2. The number of hydrogen-bond acceptors (Lipinski definition) is 15. The minimum Gasteiger partial charge on any atom is -0.474 e. The number of nitrogens with zero attached hydrogens (tertiary/aromatic N) is 8. The number of methoxy groups -OCH3 is 1. The van der Waals surface area contributed by atoms with E-state index in [-0.39, 0.29) is 29.8 Å². The predicted molar refractivity (Wildman–Crippen MR) is 230 cm³/mol. The Morgan fingerprint density at radius 1 is 0.935 bits per heavy atom. The summed E-state index contributed by atoms with van der Waals surface area (Å²) in [5.41, 5.74) is -0.552. The number of carbonyl (C=O) groups excluding carboxylic acids is 3. The Kier molecular flexibility index (Phi) is 13.2. The lowest BCUT2D eigenvalue weighted by Crippen LogP contribution is -2.44. The summed E-state index contributed by atoms with van der Waals surface area (Å²) in [6.45, 7) is 16.8. The Hall–Kier alpha value is -6.54. The molecule has 1 atom stereocenters. The van der Waals surface area contributed by atoms with Gasteiger partial charge in [0.05, 0.1) is 18.0 Å². The molecule has 0 spiro atoms. The van der Waals surface area contributed by atoms with Crippen molar-refractivity contribution in [3.05, 3.63) is 72.3 Å². The van der Waals surface area contributed by atoms with Crippen LogP contribution in [0.2, 0.25) is 0 Å². The van der Waals surface area contributed by atoms with Crippen LogP contribution in [0, 0.1) is 17.2 Å². The second-order valence-corrected chi connectivity index (χ2v) is 17.5. The van der Waals surface area contributed by atoms with Crippen LogP contribution < -0.4 is 14.5 Å². The number of hydrogen-bond donors (Lipinski definition) is 0. The van der Waals surface area contributed by atoms with E-state index in [0.717, 1.165) is 12.8 Å². The number of para-hydroxylation sites is 1. The van der Waals surface area contributed by atoms with Gasteiger partial charge < -0.3 is 33.4 Å². The van der Waals surface area contributed by atoms with Gasteiger partial charge >= 0.3 is 18.0 Å². The molecule has 17 heteroatoms. The minimum atomic E-state index is -1.52. The molecule has 0 amide bonds. The molecule has 0 unspecified atom stereocenters. The van der Waals surface area contributed by atoms with Gasteiger partial charge in [0, 0.05) is 38.2 Å². The smallest absolute Gasteiger partial charge is 0.420 e. The van der Waals surface area contributed by atoms with Crippen molar-refractivity contribution in [1.82, 2.24) is 19.2 Å². The van der Waals surface area contributed by atoms with Crippen LogP contribution >= 0.6 is 0 Å². The molecule has 0 N–H and O–H groups in total. The number of fused-ring (bicyclic) bond motifs is 3. The first-order chi connectivity index (χ1) is 29.3. The zero-order chi connectivity index (χ0) is 45.0. The van der Waals surface area contributed by atoms with Gasteiger partial charge in [-0.2, -0.15) is 10.4 Å². The van der Waals surface area contributed by atoms with Crippen LogP contribution in [-0.4, -0.2) is 81.0 Å². The van der Waals surface area contributed by atoms with Gasteiger partial charge in [0.15, 0.2) is 30.0 Å². The maximum absolute atomic E-state index is 14.1. The molecule has 5 aromatic rings. The molecule has 0 saturated carbocycles. The lowest BCUT2D eigenvalue weighted by Gasteiger charge is -2.35. The second-order valence-electron chi connectivity index (χ2n) is 17.5. The molecular weight excluding hydrogens is 797 g/mol. The minimum absolute atomic E-state index is 0.0749. The molecule has 0 radical (unpaired) electrons. The molecule has 62 heavy (non-hydrogen) atoms. The molecule has 1 fully saturated rings. The van der Waals surface area contributed by atoms with E-state index in [2.05, 4.69) is 26.3 Å². The van der Waals surface area contributed by atoms with E-state index in [9.17, 15) is 19.6 Å². The van der Waals surface area contributed by atoms with Crippen molar-refractivity contribution in [2.45, 2.75) is 104 Å². The number of piperidine rings is 1. The highest BCUT2D eigenvalue weighted by Gasteiger charge is 2.36. The number of imidazole rings is 1. The van der Waals surface area contributed by atoms with Gasteiger partial charge in [-0.25, -0.2) is 33.6 Å². The number of aromatic nitrogens is 4. The van der Waals surface area contributed by atoms with Crippen molar-refractivity contribution in [2.24, 2.45) is 16.1 Å². The summed E-state index contributed by atoms with van der Waals surface area (Å²) in [5.74, 6) is -0.0466. The van der Waals surface area contributed by atoms with Crippen LogP contribution in [0.5, 0.6) is 11.5 Å². The lowest BCUT2D eigenvalue weighted by atomic mass is 9.95. The zero-order valence-corrected chi connectivity index (χ0v) is 36.9. The molecular formula is C45H54N8O9. The second kappa shape index (κ2) is 18.2. The monoisotopic (exact) mass is 850 g/mol. The first kappa shape index (κ1) is 45.0. The van der Waals surface area contributed by atoms with E-state index in [1.54, 1.807) is 117 Å². The summed E-state index contributed by atoms with van der Waals surface area (Å²) in [5, 5.41) is 20.9.